The number of carbonyl (C=O) groups excluding carboxylic acids is 1. The molecule has 1 aliphatic heterocycles. The number of nitrogens with zero attached hydrogens (tertiary/aromatic N) is 1. The first-order valence-corrected chi connectivity index (χ1v) is 12.6. The second-order valence-electron chi connectivity index (χ2n) is 9.15. The van der Waals surface area contributed by atoms with Crippen LogP contribution in [0.3, 0.4) is 0 Å². The van der Waals surface area contributed by atoms with Gasteiger partial charge in [-0.25, -0.2) is 10.9 Å². The van der Waals surface area contributed by atoms with Gasteiger partial charge in [0.15, 0.2) is 0 Å². The van der Waals surface area contributed by atoms with Crippen molar-refractivity contribution in [1.29, 1.82) is 0 Å². The lowest BCUT2D eigenvalue weighted by atomic mass is 10.1. The number of amidine groups is 1. The van der Waals surface area contributed by atoms with E-state index in [2.05, 4.69) is 61.4 Å². The van der Waals surface area contributed by atoms with Crippen molar-refractivity contribution in [2.24, 2.45) is 4.99 Å². The Morgan fingerprint density at radius 1 is 1.26 bits per heavy atom. The fraction of sp³-hybridized carbons (Fsp3) is 0.818. The lowest BCUT2D eigenvalue weighted by Crippen LogP contribution is -2.45. The second-order valence-corrected chi connectivity index (χ2v) is 10.8. The molecule has 31 heavy (non-hydrogen) atoms. The highest BCUT2D eigenvalue weighted by Crippen LogP contribution is 2.19. The van der Waals surface area contributed by atoms with E-state index in [-0.39, 0.29) is 29.5 Å². The number of amides is 1. The molecule has 5 N–H and O–H groups in total. The SMILES string of the molecule is CCSC(C)/C(=C\C(=N/CNNC1CCCCO1)NC(C)(C)C)NCC(=O)NC1CC1. The largest absolute Gasteiger partial charge is 0.379 e. The standard InChI is InChI=1S/C22H42N6O2S/c1-6-31-16(2)18(23-14-20(29)26-17-10-11-17)13-19(27-22(3,4)5)24-15-25-28-21-9-7-8-12-30-21/h13,16-17,21,23,25,28H,6-12,14-15H2,1-5H3,(H,24,27)(H,26,29)/b18-13+. The summed E-state index contributed by atoms with van der Waals surface area (Å²) in [5.74, 6) is 1.82. The first-order chi connectivity index (χ1) is 14.8. The molecule has 0 spiro atoms. The normalized spacial score (nSPS) is 21.5. The first kappa shape index (κ1) is 26.0. The van der Waals surface area contributed by atoms with Crippen molar-refractivity contribution < 1.29 is 9.53 Å². The van der Waals surface area contributed by atoms with E-state index in [9.17, 15) is 4.79 Å². The van der Waals surface area contributed by atoms with Crippen molar-refractivity contribution in [2.45, 2.75) is 89.8 Å². The van der Waals surface area contributed by atoms with Crippen LogP contribution < -0.4 is 26.8 Å². The van der Waals surface area contributed by atoms with E-state index >= 15 is 0 Å². The Bertz CT molecular complexity index is 610. The van der Waals surface area contributed by atoms with Crippen molar-refractivity contribution in [3.05, 3.63) is 11.8 Å². The number of hydrazine groups is 1. The summed E-state index contributed by atoms with van der Waals surface area (Å²) in [5, 5.41) is 10.1. The summed E-state index contributed by atoms with van der Waals surface area (Å²) in [6, 6.07) is 0.371. The average Bonchev–Trinajstić information content (AvgIpc) is 3.52. The number of thioether (sulfide) groups is 1. The Balaban J connectivity index is 2.00. The Kier molecular flexibility index (Phi) is 11.1. The molecule has 0 aromatic heterocycles. The molecule has 2 aliphatic rings. The van der Waals surface area contributed by atoms with Gasteiger partial charge in [-0.1, -0.05) is 6.92 Å². The highest BCUT2D eigenvalue weighted by atomic mass is 32.2. The molecular weight excluding hydrogens is 412 g/mol. The quantitative estimate of drug-likeness (QED) is 0.133. The molecule has 1 saturated carbocycles. The number of ether oxygens (including phenoxy) is 1. The second kappa shape index (κ2) is 13.3. The van der Waals surface area contributed by atoms with Crippen molar-refractivity contribution >= 4 is 23.5 Å². The van der Waals surface area contributed by atoms with E-state index in [1.807, 2.05) is 17.8 Å². The summed E-state index contributed by atoms with van der Waals surface area (Å²) < 4.78 is 5.67. The van der Waals surface area contributed by atoms with Gasteiger partial charge in [-0.05, 0) is 65.6 Å². The summed E-state index contributed by atoms with van der Waals surface area (Å²) in [7, 11) is 0. The third kappa shape index (κ3) is 11.8. The van der Waals surface area contributed by atoms with Gasteiger partial charge in [0.2, 0.25) is 5.91 Å². The number of rotatable bonds is 12. The van der Waals surface area contributed by atoms with Crippen molar-refractivity contribution in [1.82, 2.24) is 26.8 Å². The van der Waals surface area contributed by atoms with Crippen LogP contribution in [-0.4, -0.2) is 60.4 Å². The maximum absolute atomic E-state index is 12.2. The molecule has 1 saturated heterocycles. The molecule has 2 fully saturated rings. The van der Waals surface area contributed by atoms with E-state index < -0.39 is 0 Å². The van der Waals surface area contributed by atoms with Gasteiger partial charge in [0.1, 0.15) is 18.7 Å². The number of carbonyl (C=O) groups is 1. The fourth-order valence-electron chi connectivity index (χ4n) is 3.13. The average molecular weight is 455 g/mol. The number of hydrogen-bond acceptors (Lipinski definition) is 7. The van der Waals surface area contributed by atoms with Crippen molar-refractivity contribution in [2.75, 3.05) is 25.6 Å². The van der Waals surface area contributed by atoms with E-state index in [1.54, 1.807) is 0 Å². The van der Waals surface area contributed by atoms with E-state index in [0.29, 0.717) is 12.7 Å². The summed E-state index contributed by atoms with van der Waals surface area (Å²) in [5.41, 5.74) is 7.22. The van der Waals surface area contributed by atoms with Crippen LogP contribution in [0.2, 0.25) is 0 Å². The predicted octanol–water partition coefficient (Wildman–Crippen LogP) is 2.25. The van der Waals surface area contributed by atoms with Crippen LogP contribution in [0.4, 0.5) is 0 Å². The van der Waals surface area contributed by atoms with E-state index in [4.69, 9.17) is 9.73 Å². The lowest BCUT2D eigenvalue weighted by Gasteiger charge is -2.25. The third-order valence-electron chi connectivity index (χ3n) is 4.82. The minimum Gasteiger partial charge on any atom is -0.379 e. The minimum atomic E-state index is -0.134. The maximum Gasteiger partial charge on any atom is 0.239 e. The monoisotopic (exact) mass is 454 g/mol. The van der Waals surface area contributed by atoms with Crippen LogP contribution >= 0.6 is 11.8 Å². The van der Waals surface area contributed by atoms with Crippen LogP contribution in [0.15, 0.2) is 16.8 Å². The molecule has 0 bridgehead atoms. The van der Waals surface area contributed by atoms with Crippen molar-refractivity contribution in [3.63, 3.8) is 0 Å². The molecule has 2 atom stereocenters. The Morgan fingerprint density at radius 2 is 2.03 bits per heavy atom. The van der Waals surface area contributed by atoms with Crippen LogP contribution in [0.1, 0.15) is 66.7 Å². The summed E-state index contributed by atoms with van der Waals surface area (Å²) in [4.78, 5) is 16.9. The predicted molar refractivity (Wildman–Crippen MR) is 130 cm³/mol. The summed E-state index contributed by atoms with van der Waals surface area (Å²) in [6.07, 6.45) is 7.57. The van der Waals surface area contributed by atoms with Gasteiger partial charge in [0, 0.05) is 35.2 Å². The van der Waals surface area contributed by atoms with E-state index in [0.717, 1.165) is 49.6 Å². The van der Waals surface area contributed by atoms with Crippen LogP contribution in [-0.2, 0) is 9.53 Å². The molecule has 178 valence electrons. The molecule has 8 nitrogen and oxygen atoms in total. The van der Waals surface area contributed by atoms with Gasteiger partial charge >= 0.3 is 0 Å². The molecule has 2 unspecified atom stereocenters. The number of aliphatic imine (C=N–C) groups is 1. The molecule has 1 heterocycles. The zero-order valence-electron chi connectivity index (χ0n) is 19.8. The van der Waals surface area contributed by atoms with Crippen LogP contribution in [0.25, 0.3) is 0 Å². The van der Waals surface area contributed by atoms with Gasteiger partial charge in [0.25, 0.3) is 0 Å². The molecule has 0 radical (unpaired) electrons. The molecule has 1 aliphatic carbocycles. The van der Waals surface area contributed by atoms with Gasteiger partial charge in [-0.2, -0.15) is 11.8 Å². The van der Waals surface area contributed by atoms with Gasteiger partial charge in [0.05, 0.1) is 6.54 Å². The highest BCUT2D eigenvalue weighted by Gasteiger charge is 2.23. The van der Waals surface area contributed by atoms with Crippen molar-refractivity contribution in [3.8, 4) is 0 Å². The molecule has 2 rings (SSSR count). The van der Waals surface area contributed by atoms with Gasteiger partial charge < -0.3 is 20.7 Å². The molecule has 9 heteroatoms. The Morgan fingerprint density at radius 3 is 2.65 bits per heavy atom. The smallest absolute Gasteiger partial charge is 0.239 e. The number of nitrogens with one attached hydrogen (secondary N) is 5. The van der Waals surface area contributed by atoms with E-state index in [1.165, 1.54) is 6.42 Å². The van der Waals surface area contributed by atoms with Crippen LogP contribution in [0.5, 0.6) is 0 Å². The topological polar surface area (TPSA) is 98.8 Å². The molecule has 0 aromatic carbocycles. The third-order valence-corrected chi connectivity index (χ3v) is 5.90. The molecular formula is C22H42N6O2S. The number of hydrogen-bond donors (Lipinski definition) is 5. The lowest BCUT2D eigenvalue weighted by molar-refractivity contribution is -0.120. The summed E-state index contributed by atoms with van der Waals surface area (Å²) >= 11 is 1.83. The zero-order valence-corrected chi connectivity index (χ0v) is 20.7. The Hall–Kier alpha value is -1.29. The Labute approximate surface area is 192 Å². The minimum absolute atomic E-state index is 0.0432. The van der Waals surface area contributed by atoms with Gasteiger partial charge in [-0.3, -0.25) is 9.79 Å². The first-order valence-electron chi connectivity index (χ1n) is 11.6. The van der Waals surface area contributed by atoms with Gasteiger partial charge in [-0.15, -0.1) is 0 Å². The maximum atomic E-state index is 12.2. The summed E-state index contributed by atoms with van der Waals surface area (Å²) in [6.45, 7) is 12.1. The highest BCUT2D eigenvalue weighted by molar-refractivity contribution is 8.00. The fourth-order valence-corrected chi connectivity index (χ4v) is 3.96. The van der Waals surface area contributed by atoms with Crippen LogP contribution in [0, 0.1) is 0 Å². The molecule has 0 aromatic rings. The zero-order chi connectivity index (χ0) is 22.7. The molecule has 1 amide bonds.